The normalized spacial score (nSPS) is 14.0. The molecule has 0 aromatic heterocycles. The molecular formula is C16H20ClNO4. The van der Waals surface area contributed by atoms with Crippen LogP contribution in [-0.2, 0) is 19.7 Å². The predicted octanol–water partition coefficient (Wildman–Crippen LogP) is 3.43. The van der Waals surface area contributed by atoms with Crippen LogP contribution in [0.1, 0.15) is 39.7 Å². The highest BCUT2D eigenvalue weighted by Crippen LogP contribution is 2.30. The van der Waals surface area contributed by atoms with Crippen molar-refractivity contribution in [3.05, 3.63) is 34.9 Å². The standard InChI is InChI=1S/C16H20ClNO4/c1-15(2,3)22-13(19)12(18)9-16(4,14(20)21)10-5-7-11(17)8-6-10/h5-8,18H,9H2,1-4H3,(H,20,21). The van der Waals surface area contributed by atoms with E-state index in [-0.39, 0.29) is 12.1 Å². The smallest absolute Gasteiger partial charge is 0.352 e. The van der Waals surface area contributed by atoms with E-state index in [0.717, 1.165) is 0 Å². The number of halogens is 1. The molecule has 1 aromatic carbocycles. The van der Waals surface area contributed by atoms with E-state index in [1.807, 2.05) is 0 Å². The molecule has 6 heteroatoms. The van der Waals surface area contributed by atoms with Gasteiger partial charge in [0.2, 0.25) is 0 Å². The zero-order chi connectivity index (χ0) is 17.1. The number of carbonyl (C=O) groups is 2. The molecule has 1 aromatic rings. The molecule has 0 aliphatic carbocycles. The molecule has 0 amide bonds. The van der Waals surface area contributed by atoms with Gasteiger partial charge in [-0.05, 0) is 45.4 Å². The Bertz CT molecular complexity index is 589. The van der Waals surface area contributed by atoms with Crippen molar-refractivity contribution in [1.82, 2.24) is 0 Å². The zero-order valence-corrected chi connectivity index (χ0v) is 13.8. The summed E-state index contributed by atoms with van der Waals surface area (Å²) in [5.41, 5.74) is -2.05. The summed E-state index contributed by atoms with van der Waals surface area (Å²) in [6, 6.07) is 6.32. The first-order valence-electron chi connectivity index (χ1n) is 6.76. The van der Waals surface area contributed by atoms with E-state index in [2.05, 4.69) is 0 Å². The van der Waals surface area contributed by atoms with Crippen molar-refractivity contribution >= 4 is 29.3 Å². The van der Waals surface area contributed by atoms with Gasteiger partial charge in [-0.25, -0.2) is 4.79 Å². The van der Waals surface area contributed by atoms with Crippen molar-refractivity contribution in [3.8, 4) is 0 Å². The lowest BCUT2D eigenvalue weighted by Crippen LogP contribution is -2.38. The maximum absolute atomic E-state index is 11.9. The van der Waals surface area contributed by atoms with Gasteiger partial charge >= 0.3 is 11.9 Å². The lowest BCUT2D eigenvalue weighted by molar-refractivity contribution is -0.146. The van der Waals surface area contributed by atoms with E-state index in [4.69, 9.17) is 21.7 Å². The van der Waals surface area contributed by atoms with Crippen LogP contribution in [0.2, 0.25) is 5.02 Å². The summed E-state index contributed by atoms with van der Waals surface area (Å²) in [6.45, 7) is 6.53. The fourth-order valence-electron chi connectivity index (χ4n) is 1.88. The van der Waals surface area contributed by atoms with Crippen molar-refractivity contribution in [1.29, 1.82) is 5.41 Å². The van der Waals surface area contributed by atoms with Crippen LogP contribution in [0.4, 0.5) is 0 Å². The number of rotatable bonds is 5. The van der Waals surface area contributed by atoms with Crippen molar-refractivity contribution in [2.45, 2.75) is 45.1 Å². The topological polar surface area (TPSA) is 87.5 Å². The van der Waals surface area contributed by atoms with Crippen molar-refractivity contribution < 1.29 is 19.4 Å². The molecule has 0 bridgehead atoms. The number of hydrogen-bond donors (Lipinski definition) is 2. The molecule has 5 nitrogen and oxygen atoms in total. The van der Waals surface area contributed by atoms with E-state index in [9.17, 15) is 14.7 Å². The Morgan fingerprint density at radius 3 is 2.09 bits per heavy atom. The number of carboxylic acids is 1. The minimum atomic E-state index is -1.40. The number of ether oxygens (including phenoxy) is 1. The van der Waals surface area contributed by atoms with Gasteiger partial charge in [-0.3, -0.25) is 10.2 Å². The maximum Gasteiger partial charge on any atom is 0.352 e. The van der Waals surface area contributed by atoms with Crippen LogP contribution < -0.4 is 0 Å². The van der Waals surface area contributed by atoms with Gasteiger partial charge in [0.05, 0.1) is 5.41 Å². The number of aliphatic carboxylic acids is 1. The van der Waals surface area contributed by atoms with Gasteiger partial charge in [-0.1, -0.05) is 23.7 Å². The van der Waals surface area contributed by atoms with Crippen LogP contribution in [-0.4, -0.2) is 28.4 Å². The lowest BCUT2D eigenvalue weighted by Gasteiger charge is -2.26. The van der Waals surface area contributed by atoms with Crippen molar-refractivity contribution in [2.75, 3.05) is 0 Å². The third-order valence-electron chi connectivity index (χ3n) is 3.13. The fraction of sp³-hybridized carbons (Fsp3) is 0.438. The maximum atomic E-state index is 11.9. The highest BCUT2D eigenvalue weighted by atomic mass is 35.5. The highest BCUT2D eigenvalue weighted by Gasteiger charge is 2.38. The van der Waals surface area contributed by atoms with E-state index in [0.29, 0.717) is 10.6 Å². The molecule has 1 rings (SSSR count). The minimum absolute atomic E-state index is 0.265. The van der Waals surface area contributed by atoms with E-state index in [1.165, 1.54) is 6.92 Å². The molecule has 0 spiro atoms. The second kappa shape index (κ2) is 6.48. The van der Waals surface area contributed by atoms with Gasteiger partial charge in [0.15, 0.2) is 0 Å². The molecule has 0 saturated heterocycles. The summed E-state index contributed by atoms with van der Waals surface area (Å²) < 4.78 is 5.10. The SMILES string of the molecule is CC(C)(C)OC(=O)C(=N)CC(C)(C(=O)O)c1ccc(Cl)cc1. The van der Waals surface area contributed by atoms with Gasteiger partial charge in [-0.2, -0.15) is 0 Å². The van der Waals surface area contributed by atoms with Crippen molar-refractivity contribution in [3.63, 3.8) is 0 Å². The van der Waals surface area contributed by atoms with Crippen LogP contribution in [0.15, 0.2) is 24.3 Å². The molecule has 0 fully saturated rings. The summed E-state index contributed by atoms with van der Waals surface area (Å²) in [7, 11) is 0. The third-order valence-corrected chi connectivity index (χ3v) is 3.38. The first kappa shape index (κ1) is 18.2. The van der Waals surface area contributed by atoms with Gasteiger partial charge in [0.1, 0.15) is 11.3 Å². The summed E-state index contributed by atoms with van der Waals surface area (Å²) in [5.74, 6) is -1.93. The number of hydrogen-bond acceptors (Lipinski definition) is 4. The molecule has 2 N–H and O–H groups in total. The quantitative estimate of drug-likeness (QED) is 0.641. The molecule has 120 valence electrons. The Hall–Kier alpha value is -1.88. The van der Waals surface area contributed by atoms with E-state index >= 15 is 0 Å². The monoisotopic (exact) mass is 325 g/mol. The first-order chi connectivity index (χ1) is 9.95. The Balaban J connectivity index is 3.02. The number of nitrogens with one attached hydrogen (secondary N) is 1. The molecule has 1 unspecified atom stereocenters. The molecular weight excluding hydrogens is 306 g/mol. The Morgan fingerprint density at radius 2 is 1.68 bits per heavy atom. The molecule has 0 aliphatic heterocycles. The molecule has 0 saturated carbocycles. The molecule has 1 atom stereocenters. The second-order valence-electron chi connectivity index (χ2n) is 6.30. The Labute approximate surface area is 134 Å². The van der Waals surface area contributed by atoms with Crippen LogP contribution >= 0.6 is 11.6 Å². The van der Waals surface area contributed by atoms with Crippen LogP contribution in [0.25, 0.3) is 0 Å². The van der Waals surface area contributed by atoms with E-state index in [1.54, 1.807) is 45.0 Å². The summed E-state index contributed by atoms with van der Waals surface area (Å²) in [5, 5.41) is 17.9. The number of benzene rings is 1. The Kier molecular flexibility index (Phi) is 5.35. The number of carboxylic acid groups (broad SMARTS) is 1. The second-order valence-corrected chi connectivity index (χ2v) is 6.74. The van der Waals surface area contributed by atoms with Crippen LogP contribution in [0, 0.1) is 5.41 Å². The average Bonchev–Trinajstić information content (AvgIpc) is 2.36. The summed E-state index contributed by atoms with van der Waals surface area (Å²) >= 11 is 5.81. The van der Waals surface area contributed by atoms with Crippen LogP contribution in [0.5, 0.6) is 0 Å². The molecule has 22 heavy (non-hydrogen) atoms. The van der Waals surface area contributed by atoms with Gasteiger partial charge in [0, 0.05) is 11.4 Å². The number of carbonyl (C=O) groups excluding carboxylic acids is 1. The zero-order valence-electron chi connectivity index (χ0n) is 13.1. The molecule has 0 radical (unpaired) electrons. The number of esters is 1. The van der Waals surface area contributed by atoms with Gasteiger partial charge in [-0.15, -0.1) is 0 Å². The first-order valence-corrected chi connectivity index (χ1v) is 7.14. The Morgan fingerprint density at radius 1 is 1.18 bits per heavy atom. The fourth-order valence-corrected chi connectivity index (χ4v) is 2.01. The van der Waals surface area contributed by atoms with Crippen molar-refractivity contribution in [2.24, 2.45) is 0 Å². The third kappa shape index (κ3) is 4.56. The predicted molar refractivity (Wildman–Crippen MR) is 84.6 cm³/mol. The summed E-state index contributed by atoms with van der Waals surface area (Å²) in [4.78, 5) is 23.6. The molecule has 0 aliphatic rings. The van der Waals surface area contributed by atoms with Crippen LogP contribution in [0.3, 0.4) is 0 Å². The lowest BCUT2D eigenvalue weighted by atomic mass is 9.78. The summed E-state index contributed by atoms with van der Waals surface area (Å²) in [6.07, 6.45) is -0.265. The molecule has 0 heterocycles. The highest BCUT2D eigenvalue weighted by molar-refractivity contribution is 6.35. The minimum Gasteiger partial charge on any atom is -0.481 e. The van der Waals surface area contributed by atoms with E-state index < -0.39 is 23.0 Å². The van der Waals surface area contributed by atoms with Gasteiger partial charge in [0.25, 0.3) is 0 Å². The largest absolute Gasteiger partial charge is 0.481 e. The average molecular weight is 326 g/mol. The van der Waals surface area contributed by atoms with Gasteiger partial charge < -0.3 is 9.84 Å².